The number of hydrogen-bond donors (Lipinski definition) is 0. The molecule has 0 aliphatic carbocycles. The van der Waals surface area contributed by atoms with Crippen LogP contribution in [0.1, 0.15) is 25.0 Å². The molecule has 1 aromatic carbocycles. The van der Waals surface area contributed by atoms with Gasteiger partial charge in [0, 0.05) is 0 Å². The van der Waals surface area contributed by atoms with Crippen molar-refractivity contribution in [3.05, 3.63) is 30.1 Å². The van der Waals surface area contributed by atoms with Crippen LogP contribution in [0.15, 0.2) is 24.3 Å². The summed E-state index contributed by atoms with van der Waals surface area (Å²) in [5.74, 6) is 1.45. The standard InChI is InChI=1S/C11H13ClN4O/c1-3-17-10-6-4-9(5-7-10)16-11(8(2)12)13-14-15-16/h4-8H,3H2,1-2H3. The van der Waals surface area contributed by atoms with E-state index in [9.17, 15) is 0 Å². The number of hydrogen-bond acceptors (Lipinski definition) is 4. The average Bonchev–Trinajstić information content (AvgIpc) is 2.79. The molecule has 17 heavy (non-hydrogen) atoms. The SMILES string of the molecule is CCOc1ccc(-n2nnnc2C(C)Cl)cc1. The molecule has 0 saturated carbocycles. The maximum absolute atomic E-state index is 5.99. The lowest BCUT2D eigenvalue weighted by Crippen LogP contribution is -2.03. The molecular weight excluding hydrogens is 240 g/mol. The Kier molecular flexibility index (Phi) is 3.58. The summed E-state index contributed by atoms with van der Waals surface area (Å²) in [5.41, 5.74) is 0.862. The fourth-order valence-corrected chi connectivity index (χ4v) is 1.61. The second-order valence-electron chi connectivity index (χ2n) is 3.49. The third kappa shape index (κ3) is 2.55. The molecule has 2 rings (SSSR count). The zero-order valence-corrected chi connectivity index (χ0v) is 10.4. The Labute approximate surface area is 104 Å². The van der Waals surface area contributed by atoms with Gasteiger partial charge in [-0.15, -0.1) is 16.7 Å². The molecular formula is C11H13ClN4O. The molecule has 0 fully saturated rings. The van der Waals surface area contributed by atoms with Crippen molar-refractivity contribution in [2.75, 3.05) is 6.61 Å². The van der Waals surface area contributed by atoms with Gasteiger partial charge in [0.25, 0.3) is 0 Å². The third-order valence-electron chi connectivity index (χ3n) is 2.24. The molecule has 0 bridgehead atoms. The predicted molar refractivity (Wildman–Crippen MR) is 64.6 cm³/mol. The molecule has 0 aliphatic rings. The van der Waals surface area contributed by atoms with E-state index in [0.717, 1.165) is 11.4 Å². The van der Waals surface area contributed by atoms with E-state index in [1.807, 2.05) is 38.1 Å². The van der Waals surface area contributed by atoms with Gasteiger partial charge in [0.2, 0.25) is 0 Å². The highest BCUT2D eigenvalue weighted by Crippen LogP contribution is 2.20. The van der Waals surface area contributed by atoms with Gasteiger partial charge < -0.3 is 4.74 Å². The first-order valence-corrected chi connectivity index (χ1v) is 5.81. The lowest BCUT2D eigenvalue weighted by atomic mass is 10.3. The van der Waals surface area contributed by atoms with Gasteiger partial charge in [0.05, 0.1) is 17.7 Å². The average molecular weight is 253 g/mol. The molecule has 1 atom stereocenters. The number of ether oxygens (including phenoxy) is 1. The van der Waals surface area contributed by atoms with Crippen molar-refractivity contribution in [1.29, 1.82) is 0 Å². The van der Waals surface area contributed by atoms with Crippen molar-refractivity contribution in [3.63, 3.8) is 0 Å². The third-order valence-corrected chi connectivity index (χ3v) is 2.44. The van der Waals surface area contributed by atoms with Gasteiger partial charge in [-0.3, -0.25) is 0 Å². The molecule has 90 valence electrons. The minimum absolute atomic E-state index is 0.239. The van der Waals surface area contributed by atoms with Gasteiger partial charge in [-0.1, -0.05) is 0 Å². The lowest BCUT2D eigenvalue weighted by molar-refractivity contribution is 0.340. The number of alkyl halides is 1. The summed E-state index contributed by atoms with van der Waals surface area (Å²) in [6.45, 7) is 4.43. The zero-order chi connectivity index (χ0) is 12.3. The van der Waals surface area contributed by atoms with Gasteiger partial charge in [0.15, 0.2) is 5.82 Å². The van der Waals surface area contributed by atoms with E-state index in [1.165, 1.54) is 0 Å². The first kappa shape index (κ1) is 11.9. The van der Waals surface area contributed by atoms with Crippen molar-refractivity contribution in [3.8, 4) is 11.4 Å². The molecule has 0 saturated heterocycles. The summed E-state index contributed by atoms with van der Waals surface area (Å²) in [6.07, 6.45) is 0. The molecule has 1 heterocycles. The van der Waals surface area contributed by atoms with E-state index in [4.69, 9.17) is 16.3 Å². The van der Waals surface area contributed by atoms with Crippen LogP contribution in [0.3, 0.4) is 0 Å². The zero-order valence-electron chi connectivity index (χ0n) is 9.67. The summed E-state index contributed by atoms with van der Waals surface area (Å²) in [5, 5.41) is 11.2. The van der Waals surface area contributed by atoms with Crippen molar-refractivity contribution < 1.29 is 4.74 Å². The van der Waals surface area contributed by atoms with Crippen LogP contribution in [0, 0.1) is 0 Å². The molecule has 1 unspecified atom stereocenters. The molecule has 2 aromatic rings. The Morgan fingerprint density at radius 3 is 2.65 bits per heavy atom. The molecule has 1 aromatic heterocycles. The van der Waals surface area contributed by atoms with Crippen LogP contribution >= 0.6 is 11.6 Å². The molecule has 0 N–H and O–H groups in total. The first-order chi connectivity index (χ1) is 8.22. The Morgan fingerprint density at radius 2 is 2.06 bits per heavy atom. The Bertz CT molecular complexity index is 480. The van der Waals surface area contributed by atoms with Gasteiger partial charge in [0.1, 0.15) is 5.75 Å². The minimum Gasteiger partial charge on any atom is -0.494 e. The molecule has 0 radical (unpaired) electrons. The summed E-state index contributed by atoms with van der Waals surface area (Å²) in [6, 6.07) is 7.54. The number of rotatable bonds is 4. The smallest absolute Gasteiger partial charge is 0.174 e. The van der Waals surface area contributed by atoms with Crippen LogP contribution in [0.2, 0.25) is 0 Å². The van der Waals surface area contributed by atoms with Gasteiger partial charge >= 0.3 is 0 Å². The van der Waals surface area contributed by atoms with Crippen molar-refractivity contribution >= 4 is 11.6 Å². The van der Waals surface area contributed by atoms with Crippen LogP contribution in [0.4, 0.5) is 0 Å². The van der Waals surface area contributed by atoms with Crippen LogP contribution < -0.4 is 4.74 Å². The Balaban J connectivity index is 2.30. The normalized spacial score (nSPS) is 12.4. The summed E-state index contributed by atoms with van der Waals surface area (Å²) >= 11 is 5.99. The van der Waals surface area contributed by atoms with Gasteiger partial charge in [-0.05, 0) is 48.5 Å². The van der Waals surface area contributed by atoms with Crippen molar-refractivity contribution in [2.24, 2.45) is 0 Å². The number of nitrogens with zero attached hydrogens (tertiary/aromatic N) is 4. The van der Waals surface area contributed by atoms with E-state index in [1.54, 1.807) is 4.68 Å². The highest BCUT2D eigenvalue weighted by molar-refractivity contribution is 6.20. The molecule has 6 heteroatoms. The number of aromatic nitrogens is 4. The fraction of sp³-hybridized carbons (Fsp3) is 0.364. The first-order valence-electron chi connectivity index (χ1n) is 5.38. The van der Waals surface area contributed by atoms with Crippen LogP contribution in [-0.4, -0.2) is 26.8 Å². The Morgan fingerprint density at radius 1 is 1.35 bits per heavy atom. The maximum Gasteiger partial charge on any atom is 0.174 e. The molecule has 5 nitrogen and oxygen atoms in total. The van der Waals surface area contributed by atoms with Crippen molar-refractivity contribution in [1.82, 2.24) is 20.2 Å². The predicted octanol–water partition coefficient (Wildman–Crippen LogP) is 2.36. The Hall–Kier alpha value is -1.62. The molecule has 0 amide bonds. The van der Waals surface area contributed by atoms with E-state index in [0.29, 0.717) is 12.4 Å². The second kappa shape index (κ2) is 5.14. The van der Waals surface area contributed by atoms with E-state index >= 15 is 0 Å². The quantitative estimate of drug-likeness (QED) is 0.784. The van der Waals surface area contributed by atoms with Gasteiger partial charge in [-0.25, -0.2) is 0 Å². The summed E-state index contributed by atoms with van der Waals surface area (Å²) in [7, 11) is 0. The largest absolute Gasteiger partial charge is 0.494 e. The summed E-state index contributed by atoms with van der Waals surface area (Å²) < 4.78 is 6.99. The highest BCUT2D eigenvalue weighted by Gasteiger charge is 2.13. The van der Waals surface area contributed by atoms with Crippen molar-refractivity contribution in [2.45, 2.75) is 19.2 Å². The highest BCUT2D eigenvalue weighted by atomic mass is 35.5. The van der Waals surface area contributed by atoms with Crippen LogP contribution in [0.5, 0.6) is 5.75 Å². The lowest BCUT2D eigenvalue weighted by Gasteiger charge is -2.07. The van der Waals surface area contributed by atoms with Crippen LogP contribution in [-0.2, 0) is 0 Å². The molecule has 0 aliphatic heterocycles. The number of benzene rings is 1. The monoisotopic (exact) mass is 252 g/mol. The topological polar surface area (TPSA) is 52.8 Å². The second-order valence-corrected chi connectivity index (χ2v) is 4.15. The summed E-state index contributed by atoms with van der Waals surface area (Å²) in [4.78, 5) is 0. The maximum atomic E-state index is 5.99. The van der Waals surface area contributed by atoms with Gasteiger partial charge in [-0.2, -0.15) is 4.68 Å². The van der Waals surface area contributed by atoms with E-state index in [2.05, 4.69) is 15.5 Å². The molecule has 0 spiro atoms. The minimum atomic E-state index is -0.239. The van der Waals surface area contributed by atoms with E-state index < -0.39 is 0 Å². The van der Waals surface area contributed by atoms with Crippen LogP contribution in [0.25, 0.3) is 5.69 Å². The number of tetrazole rings is 1. The number of halogens is 1. The fourth-order valence-electron chi connectivity index (χ4n) is 1.48. The van der Waals surface area contributed by atoms with E-state index in [-0.39, 0.29) is 5.38 Å².